The molecule has 1 unspecified atom stereocenters. The van der Waals surface area contributed by atoms with Crippen molar-refractivity contribution in [3.63, 3.8) is 0 Å². The van der Waals surface area contributed by atoms with E-state index < -0.39 is 0 Å². The van der Waals surface area contributed by atoms with Crippen LogP contribution in [-0.2, 0) is 9.53 Å². The molecule has 0 aliphatic rings. The number of hydrogen-bond donors (Lipinski definition) is 0. The van der Waals surface area contributed by atoms with Gasteiger partial charge in [0.15, 0.2) is 0 Å². The summed E-state index contributed by atoms with van der Waals surface area (Å²) in [4.78, 5) is 13.7. The van der Waals surface area contributed by atoms with Crippen molar-refractivity contribution >= 4 is 5.91 Å². The number of hydrogen-bond acceptors (Lipinski definition) is 2. The smallest absolute Gasteiger partial charge is 0.222 e. The van der Waals surface area contributed by atoms with Crippen LogP contribution in [0.4, 0.5) is 0 Å². The molecule has 3 nitrogen and oxygen atoms in total. The lowest BCUT2D eigenvalue weighted by Gasteiger charge is -2.18. The first-order valence-electron chi connectivity index (χ1n) is 7.96. The summed E-state index contributed by atoms with van der Waals surface area (Å²) in [5, 5.41) is 0. The molecule has 1 atom stereocenters. The molecule has 0 bridgehead atoms. The standard InChI is InChI=1S/C16H33NO2/c1-5-17(6-2)16(18)14-12-10-8-7-9-11-13-15(3)19-4/h15H,5-14H2,1-4H3. The number of methoxy groups -OCH3 is 1. The van der Waals surface area contributed by atoms with Gasteiger partial charge in [0.25, 0.3) is 0 Å². The first kappa shape index (κ1) is 18.4. The van der Waals surface area contributed by atoms with Crippen molar-refractivity contribution in [1.29, 1.82) is 0 Å². The average molecular weight is 271 g/mol. The predicted molar refractivity (Wildman–Crippen MR) is 81.3 cm³/mol. The summed E-state index contributed by atoms with van der Waals surface area (Å²) in [6, 6.07) is 0. The van der Waals surface area contributed by atoms with E-state index in [9.17, 15) is 4.79 Å². The molecule has 0 aromatic heterocycles. The maximum absolute atomic E-state index is 11.8. The molecule has 19 heavy (non-hydrogen) atoms. The molecule has 0 saturated heterocycles. The van der Waals surface area contributed by atoms with Crippen LogP contribution in [0.25, 0.3) is 0 Å². The van der Waals surface area contributed by atoms with Gasteiger partial charge >= 0.3 is 0 Å². The lowest BCUT2D eigenvalue weighted by Crippen LogP contribution is -2.30. The molecular formula is C16H33NO2. The van der Waals surface area contributed by atoms with Gasteiger partial charge < -0.3 is 9.64 Å². The van der Waals surface area contributed by atoms with Crippen LogP contribution in [0.5, 0.6) is 0 Å². The summed E-state index contributed by atoms with van der Waals surface area (Å²) in [5.41, 5.74) is 0. The summed E-state index contributed by atoms with van der Waals surface area (Å²) in [5.74, 6) is 0.318. The molecule has 0 radical (unpaired) electrons. The molecule has 0 aliphatic carbocycles. The Morgan fingerprint density at radius 2 is 1.53 bits per heavy atom. The van der Waals surface area contributed by atoms with E-state index in [4.69, 9.17) is 4.74 Å². The van der Waals surface area contributed by atoms with Gasteiger partial charge in [-0.25, -0.2) is 0 Å². The third kappa shape index (κ3) is 9.94. The van der Waals surface area contributed by atoms with Gasteiger partial charge in [0.05, 0.1) is 6.10 Å². The van der Waals surface area contributed by atoms with Crippen LogP contribution < -0.4 is 0 Å². The zero-order chi connectivity index (χ0) is 14.5. The van der Waals surface area contributed by atoms with Crippen LogP contribution in [-0.4, -0.2) is 37.1 Å². The SMILES string of the molecule is CCN(CC)C(=O)CCCCCCCCC(C)OC. The zero-order valence-corrected chi connectivity index (χ0v) is 13.4. The van der Waals surface area contributed by atoms with E-state index in [0.29, 0.717) is 12.0 Å². The van der Waals surface area contributed by atoms with Gasteiger partial charge in [0.2, 0.25) is 5.91 Å². The molecule has 0 heterocycles. The Bertz CT molecular complexity index is 215. The highest BCUT2D eigenvalue weighted by Crippen LogP contribution is 2.11. The first-order chi connectivity index (χ1) is 9.15. The van der Waals surface area contributed by atoms with Gasteiger partial charge in [0, 0.05) is 26.6 Å². The second-order valence-corrected chi connectivity index (χ2v) is 5.27. The van der Waals surface area contributed by atoms with Crippen LogP contribution >= 0.6 is 0 Å². The number of carbonyl (C=O) groups is 1. The monoisotopic (exact) mass is 271 g/mol. The third-order valence-corrected chi connectivity index (χ3v) is 3.77. The van der Waals surface area contributed by atoms with Crippen molar-refractivity contribution in [3.8, 4) is 0 Å². The minimum atomic E-state index is 0.318. The Morgan fingerprint density at radius 3 is 2.05 bits per heavy atom. The van der Waals surface area contributed by atoms with Crippen LogP contribution in [0.1, 0.15) is 72.1 Å². The Labute approximate surface area is 119 Å². The van der Waals surface area contributed by atoms with E-state index in [-0.39, 0.29) is 0 Å². The van der Waals surface area contributed by atoms with E-state index in [2.05, 4.69) is 6.92 Å². The van der Waals surface area contributed by atoms with E-state index in [0.717, 1.165) is 32.4 Å². The lowest BCUT2D eigenvalue weighted by atomic mass is 10.1. The number of ether oxygens (including phenoxy) is 1. The van der Waals surface area contributed by atoms with Crippen molar-refractivity contribution in [2.75, 3.05) is 20.2 Å². The molecule has 0 aliphatic heterocycles. The van der Waals surface area contributed by atoms with E-state index in [1.165, 1.54) is 32.1 Å². The number of carbonyl (C=O) groups excluding carboxylic acids is 1. The molecule has 0 spiro atoms. The van der Waals surface area contributed by atoms with Crippen molar-refractivity contribution < 1.29 is 9.53 Å². The largest absolute Gasteiger partial charge is 0.382 e. The van der Waals surface area contributed by atoms with E-state index >= 15 is 0 Å². The van der Waals surface area contributed by atoms with Crippen molar-refractivity contribution in [1.82, 2.24) is 4.90 Å². The predicted octanol–water partition coefficient (Wildman–Crippen LogP) is 4.01. The van der Waals surface area contributed by atoms with Crippen LogP contribution in [0, 0.1) is 0 Å². The third-order valence-electron chi connectivity index (χ3n) is 3.77. The minimum absolute atomic E-state index is 0.318. The molecule has 0 fully saturated rings. The fourth-order valence-corrected chi connectivity index (χ4v) is 2.27. The average Bonchev–Trinajstić information content (AvgIpc) is 2.42. The number of unbranched alkanes of at least 4 members (excludes halogenated alkanes) is 5. The highest BCUT2D eigenvalue weighted by atomic mass is 16.5. The number of rotatable bonds is 12. The Balaban J connectivity index is 3.33. The van der Waals surface area contributed by atoms with Crippen LogP contribution in [0.15, 0.2) is 0 Å². The Hall–Kier alpha value is -0.570. The van der Waals surface area contributed by atoms with Gasteiger partial charge in [-0.05, 0) is 33.6 Å². The molecule has 114 valence electrons. The van der Waals surface area contributed by atoms with Gasteiger partial charge in [-0.2, -0.15) is 0 Å². The minimum Gasteiger partial charge on any atom is -0.382 e. The fraction of sp³-hybridized carbons (Fsp3) is 0.938. The van der Waals surface area contributed by atoms with Gasteiger partial charge in [-0.15, -0.1) is 0 Å². The topological polar surface area (TPSA) is 29.5 Å². The quantitative estimate of drug-likeness (QED) is 0.502. The maximum Gasteiger partial charge on any atom is 0.222 e. The number of nitrogens with zero attached hydrogens (tertiary/aromatic N) is 1. The van der Waals surface area contributed by atoms with Crippen molar-refractivity contribution in [2.45, 2.75) is 78.2 Å². The highest BCUT2D eigenvalue weighted by Gasteiger charge is 2.08. The molecule has 0 N–H and O–H groups in total. The Morgan fingerprint density at radius 1 is 1.00 bits per heavy atom. The summed E-state index contributed by atoms with van der Waals surface area (Å²) in [7, 11) is 1.78. The van der Waals surface area contributed by atoms with Gasteiger partial charge in [-0.3, -0.25) is 4.79 Å². The molecule has 0 aromatic carbocycles. The van der Waals surface area contributed by atoms with Crippen molar-refractivity contribution in [3.05, 3.63) is 0 Å². The molecule has 0 rings (SSSR count). The normalized spacial score (nSPS) is 12.4. The molecule has 0 aromatic rings. The lowest BCUT2D eigenvalue weighted by molar-refractivity contribution is -0.130. The van der Waals surface area contributed by atoms with Crippen molar-refractivity contribution in [2.24, 2.45) is 0 Å². The molecule has 3 heteroatoms. The summed E-state index contributed by atoms with van der Waals surface area (Å²) in [6.07, 6.45) is 9.61. The van der Waals surface area contributed by atoms with Crippen LogP contribution in [0.2, 0.25) is 0 Å². The highest BCUT2D eigenvalue weighted by molar-refractivity contribution is 5.75. The molecular weight excluding hydrogens is 238 g/mol. The maximum atomic E-state index is 11.8. The second-order valence-electron chi connectivity index (χ2n) is 5.27. The fourth-order valence-electron chi connectivity index (χ4n) is 2.27. The van der Waals surface area contributed by atoms with E-state index in [1.807, 2.05) is 18.7 Å². The summed E-state index contributed by atoms with van der Waals surface area (Å²) < 4.78 is 5.22. The molecule has 0 saturated carbocycles. The summed E-state index contributed by atoms with van der Waals surface area (Å²) >= 11 is 0. The van der Waals surface area contributed by atoms with Gasteiger partial charge in [-0.1, -0.05) is 32.1 Å². The Kier molecular flexibility index (Phi) is 12.1. The second kappa shape index (κ2) is 12.5. The zero-order valence-electron chi connectivity index (χ0n) is 13.4. The first-order valence-corrected chi connectivity index (χ1v) is 7.96. The molecule has 1 amide bonds. The van der Waals surface area contributed by atoms with Gasteiger partial charge in [0.1, 0.15) is 0 Å². The van der Waals surface area contributed by atoms with E-state index in [1.54, 1.807) is 7.11 Å². The summed E-state index contributed by atoms with van der Waals surface area (Å²) in [6.45, 7) is 7.89. The number of amides is 1. The van der Waals surface area contributed by atoms with Crippen LogP contribution in [0.3, 0.4) is 0 Å².